The van der Waals surface area contributed by atoms with Gasteiger partial charge in [0.2, 0.25) is 0 Å². The minimum absolute atomic E-state index is 0.0176. The van der Waals surface area contributed by atoms with E-state index in [1.165, 1.54) is 24.4 Å². The number of halogens is 2. The van der Waals surface area contributed by atoms with Gasteiger partial charge in [0, 0.05) is 25.4 Å². The Labute approximate surface area is 188 Å². The topological polar surface area (TPSA) is 115 Å². The summed E-state index contributed by atoms with van der Waals surface area (Å²) in [6.07, 6.45) is 3.33. The van der Waals surface area contributed by atoms with Gasteiger partial charge in [-0.25, -0.2) is 9.78 Å². The highest BCUT2D eigenvalue weighted by Crippen LogP contribution is 2.32. The number of carbonyl (C=O) groups excluding carboxylic acids is 2. The first-order valence-electron chi connectivity index (χ1n) is 9.56. The zero-order valence-electron chi connectivity index (χ0n) is 16.6. The number of hydrogen-bond acceptors (Lipinski definition) is 7. The number of carbonyl (C=O) groups is 2. The Kier molecular flexibility index (Phi) is 7.29. The summed E-state index contributed by atoms with van der Waals surface area (Å²) < 4.78 is 4.98. The first kappa shape index (κ1) is 22.8. The van der Waals surface area contributed by atoms with E-state index in [0.717, 1.165) is 19.4 Å². The number of anilines is 2. The van der Waals surface area contributed by atoms with Gasteiger partial charge >= 0.3 is 5.97 Å². The second-order valence-electron chi connectivity index (χ2n) is 7.26. The lowest BCUT2D eigenvalue weighted by Gasteiger charge is -2.32. The Hall–Kier alpha value is -2.91. The van der Waals surface area contributed by atoms with Crippen molar-refractivity contribution in [3.8, 4) is 0 Å². The molecule has 1 fully saturated rings. The molecule has 1 saturated heterocycles. The van der Waals surface area contributed by atoms with Crippen molar-refractivity contribution in [2.45, 2.75) is 19.8 Å². The molecule has 31 heavy (non-hydrogen) atoms. The number of piperidine rings is 1. The number of pyridine rings is 1. The summed E-state index contributed by atoms with van der Waals surface area (Å²) in [5.41, 5.74) is 0.274. The summed E-state index contributed by atoms with van der Waals surface area (Å²) in [5.74, 6) is -1.02. The highest BCUT2D eigenvalue weighted by molar-refractivity contribution is 6.36. The molecule has 11 heteroatoms. The standard InChI is InChI=1S/C20H20Cl2N4O5/c1-12-3-2-6-25(10-12)16-5-4-13(7-17(16)26(29)30)20(28)31-11-18(27)24-19-15(22)8-14(21)9-23-19/h4-5,7-9,12H,2-3,6,10-11H2,1H3,(H,23,24,27)/t12-/m0/s1. The van der Waals surface area contributed by atoms with Gasteiger partial charge in [-0.05, 0) is 37.0 Å². The zero-order valence-corrected chi connectivity index (χ0v) is 18.2. The molecule has 3 rings (SSSR count). The molecule has 1 aromatic heterocycles. The van der Waals surface area contributed by atoms with Gasteiger partial charge in [-0.15, -0.1) is 0 Å². The molecular weight excluding hydrogens is 447 g/mol. The molecule has 0 bridgehead atoms. The fourth-order valence-electron chi connectivity index (χ4n) is 3.36. The van der Waals surface area contributed by atoms with E-state index in [9.17, 15) is 19.7 Å². The highest BCUT2D eigenvalue weighted by atomic mass is 35.5. The molecule has 0 unspecified atom stereocenters. The number of nitro groups is 1. The number of amides is 1. The van der Waals surface area contributed by atoms with E-state index in [1.807, 2.05) is 4.90 Å². The van der Waals surface area contributed by atoms with Gasteiger partial charge in [0.05, 0.1) is 20.5 Å². The number of aromatic nitrogens is 1. The minimum Gasteiger partial charge on any atom is -0.452 e. The van der Waals surface area contributed by atoms with Crippen LogP contribution in [-0.4, -0.2) is 41.5 Å². The van der Waals surface area contributed by atoms with Crippen LogP contribution in [-0.2, 0) is 9.53 Å². The summed E-state index contributed by atoms with van der Waals surface area (Å²) in [7, 11) is 0. The fraction of sp³-hybridized carbons (Fsp3) is 0.350. The molecule has 1 aliphatic heterocycles. The molecule has 1 amide bonds. The van der Waals surface area contributed by atoms with E-state index in [0.29, 0.717) is 23.2 Å². The average Bonchev–Trinajstić information content (AvgIpc) is 2.73. The summed E-state index contributed by atoms with van der Waals surface area (Å²) in [6, 6.07) is 5.58. The summed E-state index contributed by atoms with van der Waals surface area (Å²) >= 11 is 11.7. The number of nitrogens with zero attached hydrogens (tertiary/aromatic N) is 3. The van der Waals surface area contributed by atoms with Crippen LogP contribution in [0.15, 0.2) is 30.5 Å². The summed E-state index contributed by atoms with van der Waals surface area (Å²) in [5, 5.41) is 14.4. The van der Waals surface area contributed by atoms with Gasteiger partial charge in [0.1, 0.15) is 5.69 Å². The predicted molar refractivity (Wildman–Crippen MR) is 117 cm³/mol. The van der Waals surface area contributed by atoms with Crippen molar-refractivity contribution in [2.75, 3.05) is 29.9 Å². The third kappa shape index (κ3) is 5.83. The van der Waals surface area contributed by atoms with Crippen molar-refractivity contribution in [1.29, 1.82) is 0 Å². The smallest absolute Gasteiger partial charge is 0.338 e. The molecule has 2 heterocycles. The Morgan fingerprint density at radius 1 is 1.35 bits per heavy atom. The van der Waals surface area contributed by atoms with Gasteiger partial charge in [0.15, 0.2) is 12.4 Å². The van der Waals surface area contributed by atoms with Crippen molar-refractivity contribution >= 4 is 52.3 Å². The molecule has 0 saturated carbocycles. The number of rotatable bonds is 6. The van der Waals surface area contributed by atoms with Crippen LogP contribution in [0.25, 0.3) is 0 Å². The van der Waals surface area contributed by atoms with Crippen LogP contribution < -0.4 is 10.2 Å². The second kappa shape index (κ2) is 9.93. The van der Waals surface area contributed by atoms with E-state index in [2.05, 4.69) is 17.2 Å². The number of nitro benzene ring substituents is 1. The lowest BCUT2D eigenvalue weighted by molar-refractivity contribution is -0.384. The molecule has 1 N–H and O–H groups in total. The summed E-state index contributed by atoms with van der Waals surface area (Å²) in [6.45, 7) is 2.92. The van der Waals surface area contributed by atoms with Crippen LogP contribution in [0.1, 0.15) is 30.1 Å². The van der Waals surface area contributed by atoms with Crippen molar-refractivity contribution < 1.29 is 19.2 Å². The quantitative estimate of drug-likeness (QED) is 0.382. The molecule has 1 atom stereocenters. The van der Waals surface area contributed by atoms with E-state index in [1.54, 1.807) is 6.07 Å². The summed E-state index contributed by atoms with van der Waals surface area (Å²) in [4.78, 5) is 41.2. The monoisotopic (exact) mass is 466 g/mol. The molecule has 9 nitrogen and oxygen atoms in total. The van der Waals surface area contributed by atoms with Gasteiger partial charge < -0.3 is 15.0 Å². The predicted octanol–water partition coefficient (Wildman–Crippen LogP) is 4.33. The number of esters is 1. The maximum absolute atomic E-state index is 12.3. The van der Waals surface area contributed by atoms with Crippen molar-refractivity contribution in [3.05, 3.63) is 56.2 Å². The first-order valence-corrected chi connectivity index (χ1v) is 10.3. The first-order chi connectivity index (χ1) is 14.7. The van der Waals surface area contributed by atoms with Crippen molar-refractivity contribution in [3.63, 3.8) is 0 Å². The lowest BCUT2D eigenvalue weighted by atomic mass is 9.99. The number of hydrogen-bond donors (Lipinski definition) is 1. The van der Waals surface area contributed by atoms with Gasteiger partial charge in [-0.3, -0.25) is 14.9 Å². The molecule has 164 valence electrons. The van der Waals surface area contributed by atoms with Crippen LogP contribution >= 0.6 is 23.2 Å². The largest absolute Gasteiger partial charge is 0.452 e. The Morgan fingerprint density at radius 3 is 2.81 bits per heavy atom. The number of nitrogens with one attached hydrogen (secondary N) is 1. The third-order valence-corrected chi connectivity index (χ3v) is 5.30. The molecule has 2 aromatic rings. The van der Waals surface area contributed by atoms with E-state index in [-0.39, 0.29) is 22.1 Å². The number of benzene rings is 1. The minimum atomic E-state index is -0.855. The number of ether oxygens (including phenoxy) is 1. The van der Waals surface area contributed by atoms with E-state index in [4.69, 9.17) is 27.9 Å². The molecule has 1 aromatic carbocycles. The van der Waals surface area contributed by atoms with Gasteiger partial charge in [-0.2, -0.15) is 0 Å². The average molecular weight is 467 g/mol. The second-order valence-corrected chi connectivity index (χ2v) is 8.11. The van der Waals surface area contributed by atoms with Gasteiger partial charge in [-0.1, -0.05) is 30.1 Å². The molecular formula is C20H20Cl2N4O5. The third-order valence-electron chi connectivity index (χ3n) is 4.81. The van der Waals surface area contributed by atoms with Crippen molar-refractivity contribution in [2.24, 2.45) is 5.92 Å². The van der Waals surface area contributed by atoms with E-state index >= 15 is 0 Å². The maximum atomic E-state index is 12.3. The van der Waals surface area contributed by atoms with Crippen LogP contribution in [0.4, 0.5) is 17.2 Å². The lowest BCUT2D eigenvalue weighted by Crippen LogP contribution is -2.34. The van der Waals surface area contributed by atoms with Crippen molar-refractivity contribution in [1.82, 2.24) is 4.98 Å². The van der Waals surface area contributed by atoms with Crippen LogP contribution in [0.2, 0.25) is 10.0 Å². The normalized spacial score (nSPS) is 16.0. The Bertz CT molecular complexity index is 1020. The zero-order chi connectivity index (χ0) is 22.5. The molecule has 0 radical (unpaired) electrons. The van der Waals surface area contributed by atoms with Crippen LogP contribution in [0.3, 0.4) is 0 Å². The Balaban J connectivity index is 1.66. The SMILES string of the molecule is C[C@H]1CCCN(c2ccc(C(=O)OCC(=O)Nc3ncc(Cl)cc3Cl)cc2[N+](=O)[O-])C1. The fourth-order valence-corrected chi connectivity index (χ4v) is 3.79. The molecule has 0 spiro atoms. The Morgan fingerprint density at radius 2 is 2.13 bits per heavy atom. The van der Waals surface area contributed by atoms with E-state index < -0.39 is 23.4 Å². The van der Waals surface area contributed by atoms with Crippen LogP contribution in [0, 0.1) is 16.0 Å². The van der Waals surface area contributed by atoms with Crippen LogP contribution in [0.5, 0.6) is 0 Å². The maximum Gasteiger partial charge on any atom is 0.338 e. The highest BCUT2D eigenvalue weighted by Gasteiger charge is 2.25. The molecule has 1 aliphatic rings. The van der Waals surface area contributed by atoms with Gasteiger partial charge in [0.25, 0.3) is 11.6 Å². The molecule has 0 aliphatic carbocycles.